The number of nitrogens with zero attached hydrogens (tertiary/aromatic N) is 2. The van der Waals surface area contributed by atoms with Crippen LogP contribution in [0.2, 0.25) is 0 Å². The highest BCUT2D eigenvalue weighted by Gasteiger charge is 2.15. The highest BCUT2D eigenvalue weighted by atomic mass is 16.4. The monoisotopic (exact) mass is 265 g/mol. The molecule has 0 aromatic heterocycles. The molecule has 0 saturated carbocycles. The minimum absolute atomic E-state index is 0.306. The lowest BCUT2D eigenvalue weighted by Gasteiger charge is -2.25. The first-order valence-corrected chi connectivity index (χ1v) is 6.48. The summed E-state index contributed by atoms with van der Waals surface area (Å²) in [6, 6.07) is 4.94. The van der Waals surface area contributed by atoms with Crippen LogP contribution in [0, 0.1) is 0 Å². The standard InChI is InChI=1S/C14H23N3O2/c1-4-17(9-5-8-16(2)3)13-10-11(15)6-7-12(13)14(18)19/h6-7,10H,4-5,8-9,15H2,1-3H3,(H,18,19). The largest absolute Gasteiger partial charge is 0.478 e. The molecule has 3 N–H and O–H groups in total. The van der Waals surface area contributed by atoms with E-state index in [9.17, 15) is 9.90 Å². The van der Waals surface area contributed by atoms with E-state index in [-0.39, 0.29) is 0 Å². The van der Waals surface area contributed by atoms with Gasteiger partial charge >= 0.3 is 5.97 Å². The molecule has 0 unspecified atom stereocenters. The number of nitrogens with two attached hydrogens (primary N) is 1. The van der Waals surface area contributed by atoms with Crippen molar-refractivity contribution in [3.05, 3.63) is 23.8 Å². The highest BCUT2D eigenvalue weighted by Crippen LogP contribution is 2.24. The molecule has 0 saturated heterocycles. The summed E-state index contributed by atoms with van der Waals surface area (Å²) >= 11 is 0. The second-order valence-corrected chi connectivity index (χ2v) is 4.82. The van der Waals surface area contributed by atoms with Crippen LogP contribution in [0.15, 0.2) is 18.2 Å². The molecule has 0 bridgehead atoms. The molecular formula is C14H23N3O2. The Balaban J connectivity index is 2.90. The van der Waals surface area contributed by atoms with Gasteiger partial charge in [-0.2, -0.15) is 0 Å². The summed E-state index contributed by atoms with van der Waals surface area (Å²) in [6.07, 6.45) is 0.981. The number of carbonyl (C=O) groups is 1. The van der Waals surface area contributed by atoms with Crippen molar-refractivity contribution in [2.24, 2.45) is 0 Å². The Bertz CT molecular complexity index is 433. The zero-order valence-electron chi connectivity index (χ0n) is 11.9. The van der Waals surface area contributed by atoms with Crippen LogP contribution in [0.3, 0.4) is 0 Å². The SMILES string of the molecule is CCN(CCCN(C)C)c1cc(N)ccc1C(=O)O. The Hall–Kier alpha value is -1.75. The fraction of sp³-hybridized carbons (Fsp3) is 0.500. The Morgan fingerprint density at radius 2 is 2.00 bits per heavy atom. The van der Waals surface area contributed by atoms with Gasteiger partial charge in [-0.25, -0.2) is 4.79 Å². The van der Waals surface area contributed by atoms with Crippen molar-refractivity contribution in [1.82, 2.24) is 4.90 Å². The van der Waals surface area contributed by atoms with E-state index in [4.69, 9.17) is 5.73 Å². The molecular weight excluding hydrogens is 242 g/mol. The summed E-state index contributed by atoms with van der Waals surface area (Å²) in [7, 11) is 4.05. The first-order chi connectivity index (χ1) is 8.95. The topological polar surface area (TPSA) is 69.8 Å². The molecule has 0 atom stereocenters. The lowest BCUT2D eigenvalue weighted by atomic mass is 10.1. The van der Waals surface area contributed by atoms with Gasteiger partial charge in [0.25, 0.3) is 0 Å². The quantitative estimate of drug-likeness (QED) is 0.735. The van der Waals surface area contributed by atoms with E-state index in [1.165, 1.54) is 0 Å². The Morgan fingerprint density at radius 1 is 1.32 bits per heavy atom. The van der Waals surface area contributed by atoms with Crippen LogP contribution >= 0.6 is 0 Å². The lowest BCUT2D eigenvalue weighted by molar-refractivity contribution is 0.0697. The van der Waals surface area contributed by atoms with Gasteiger partial charge < -0.3 is 20.6 Å². The van der Waals surface area contributed by atoms with Crippen molar-refractivity contribution in [3.8, 4) is 0 Å². The molecule has 0 aliphatic rings. The van der Waals surface area contributed by atoms with Gasteiger partial charge in [0.05, 0.1) is 11.3 Å². The summed E-state index contributed by atoms with van der Waals surface area (Å²) in [6.45, 7) is 4.57. The summed E-state index contributed by atoms with van der Waals surface area (Å²) in [5, 5.41) is 9.24. The number of aromatic carboxylic acids is 1. The number of rotatable bonds is 7. The molecule has 0 fully saturated rings. The smallest absolute Gasteiger partial charge is 0.337 e. The predicted octanol–water partition coefficient (Wildman–Crippen LogP) is 1.74. The average Bonchev–Trinajstić information content (AvgIpc) is 2.33. The minimum Gasteiger partial charge on any atom is -0.478 e. The maximum atomic E-state index is 11.3. The van der Waals surface area contributed by atoms with E-state index < -0.39 is 5.97 Å². The van der Waals surface area contributed by atoms with Gasteiger partial charge in [-0.05, 0) is 52.2 Å². The molecule has 0 aliphatic carbocycles. The molecule has 1 rings (SSSR count). The number of hydrogen-bond acceptors (Lipinski definition) is 4. The third-order valence-corrected chi connectivity index (χ3v) is 3.01. The maximum Gasteiger partial charge on any atom is 0.337 e. The van der Waals surface area contributed by atoms with Crippen LogP contribution in [0.5, 0.6) is 0 Å². The van der Waals surface area contributed by atoms with Crippen molar-refractivity contribution < 1.29 is 9.90 Å². The van der Waals surface area contributed by atoms with Crippen LogP contribution in [-0.2, 0) is 0 Å². The summed E-state index contributed by atoms with van der Waals surface area (Å²) < 4.78 is 0. The van der Waals surface area contributed by atoms with Crippen molar-refractivity contribution in [1.29, 1.82) is 0 Å². The zero-order valence-corrected chi connectivity index (χ0v) is 11.9. The van der Waals surface area contributed by atoms with E-state index in [1.54, 1.807) is 18.2 Å². The molecule has 5 heteroatoms. The Labute approximate surface area is 114 Å². The molecule has 1 aromatic carbocycles. The normalized spacial score (nSPS) is 10.7. The number of hydrogen-bond donors (Lipinski definition) is 2. The third-order valence-electron chi connectivity index (χ3n) is 3.01. The molecule has 0 spiro atoms. The van der Waals surface area contributed by atoms with Gasteiger partial charge in [0.15, 0.2) is 0 Å². The molecule has 19 heavy (non-hydrogen) atoms. The molecule has 106 valence electrons. The minimum atomic E-state index is -0.916. The Kier molecular flexibility index (Phi) is 5.63. The van der Waals surface area contributed by atoms with Gasteiger partial charge in [-0.1, -0.05) is 0 Å². The molecule has 0 amide bonds. The molecule has 0 aliphatic heterocycles. The van der Waals surface area contributed by atoms with Crippen molar-refractivity contribution in [2.45, 2.75) is 13.3 Å². The van der Waals surface area contributed by atoms with E-state index in [1.807, 2.05) is 21.0 Å². The summed E-state index contributed by atoms with van der Waals surface area (Å²) in [4.78, 5) is 15.4. The molecule has 0 radical (unpaired) electrons. The van der Waals surface area contributed by atoms with Crippen LogP contribution in [0.4, 0.5) is 11.4 Å². The molecule has 1 aromatic rings. The number of anilines is 2. The third kappa shape index (κ3) is 4.44. The van der Waals surface area contributed by atoms with Crippen LogP contribution in [-0.4, -0.2) is 49.7 Å². The highest BCUT2D eigenvalue weighted by molar-refractivity contribution is 5.95. The van der Waals surface area contributed by atoms with Crippen LogP contribution in [0.1, 0.15) is 23.7 Å². The number of carboxylic acids is 1. The first kappa shape index (κ1) is 15.3. The van der Waals surface area contributed by atoms with Crippen molar-refractivity contribution in [2.75, 3.05) is 44.4 Å². The number of nitrogen functional groups attached to an aromatic ring is 1. The fourth-order valence-corrected chi connectivity index (χ4v) is 2.02. The van der Waals surface area contributed by atoms with E-state index in [0.29, 0.717) is 16.9 Å². The second kappa shape index (κ2) is 6.99. The predicted molar refractivity (Wildman–Crippen MR) is 78.9 cm³/mol. The number of benzene rings is 1. The second-order valence-electron chi connectivity index (χ2n) is 4.82. The fourth-order valence-electron chi connectivity index (χ4n) is 2.02. The van der Waals surface area contributed by atoms with Gasteiger partial charge in [-0.15, -0.1) is 0 Å². The van der Waals surface area contributed by atoms with E-state index >= 15 is 0 Å². The van der Waals surface area contributed by atoms with Gasteiger partial charge in [0.1, 0.15) is 0 Å². The zero-order chi connectivity index (χ0) is 14.4. The molecule has 5 nitrogen and oxygen atoms in total. The van der Waals surface area contributed by atoms with Gasteiger partial charge in [0, 0.05) is 18.8 Å². The maximum absolute atomic E-state index is 11.3. The van der Waals surface area contributed by atoms with E-state index in [0.717, 1.165) is 26.1 Å². The van der Waals surface area contributed by atoms with Gasteiger partial charge in [0.2, 0.25) is 0 Å². The summed E-state index contributed by atoms with van der Waals surface area (Å²) in [5.74, 6) is -0.916. The Morgan fingerprint density at radius 3 is 2.53 bits per heavy atom. The van der Waals surface area contributed by atoms with Gasteiger partial charge in [-0.3, -0.25) is 0 Å². The average molecular weight is 265 g/mol. The van der Waals surface area contributed by atoms with Crippen LogP contribution in [0.25, 0.3) is 0 Å². The van der Waals surface area contributed by atoms with Crippen molar-refractivity contribution >= 4 is 17.3 Å². The number of carboxylic acid groups (broad SMARTS) is 1. The first-order valence-electron chi connectivity index (χ1n) is 6.48. The lowest BCUT2D eigenvalue weighted by Crippen LogP contribution is -2.28. The van der Waals surface area contributed by atoms with Crippen molar-refractivity contribution in [3.63, 3.8) is 0 Å². The molecule has 0 heterocycles. The van der Waals surface area contributed by atoms with E-state index in [2.05, 4.69) is 9.80 Å². The van der Waals surface area contributed by atoms with Crippen LogP contribution < -0.4 is 10.6 Å². The summed E-state index contributed by atoms with van der Waals surface area (Å²) in [5.41, 5.74) is 7.37.